The molecule has 0 aliphatic carbocycles. The molecule has 500 valence electrons. The van der Waals surface area contributed by atoms with Crippen molar-refractivity contribution in [1.82, 2.24) is 5.32 Å². The number of nitrogens with one attached hydrogen (secondary N) is 1. The zero-order valence-electron chi connectivity index (χ0n) is 51.7. The van der Waals surface area contributed by atoms with Gasteiger partial charge in [-0.2, -0.15) is 13.2 Å². The van der Waals surface area contributed by atoms with Crippen LogP contribution in [0.3, 0.4) is 0 Å². The van der Waals surface area contributed by atoms with Gasteiger partial charge in [-0.3, -0.25) is 9.59 Å². The molecule has 3 heterocycles. The van der Waals surface area contributed by atoms with Gasteiger partial charge in [0, 0.05) is 13.5 Å². The van der Waals surface area contributed by atoms with Crippen LogP contribution in [-0.4, -0.2) is 149 Å². The van der Waals surface area contributed by atoms with Crippen LogP contribution >= 0.6 is 0 Å². The van der Waals surface area contributed by atoms with E-state index in [2.05, 4.69) is 0 Å². The van der Waals surface area contributed by atoms with Crippen molar-refractivity contribution >= 4 is 29.8 Å². The number of alkyl halides is 3. The number of carbonyl (C=O) groups excluding carboxylic acids is 5. The van der Waals surface area contributed by atoms with Crippen molar-refractivity contribution in [3.05, 3.63) is 251 Å². The summed E-state index contributed by atoms with van der Waals surface area (Å²) in [7, 11) is 0. The van der Waals surface area contributed by atoms with Crippen LogP contribution < -0.4 is 5.32 Å². The molecule has 3 aliphatic heterocycles. The molecule has 13 atom stereocenters. The van der Waals surface area contributed by atoms with Gasteiger partial charge in [-0.05, 0) is 65.1 Å². The molecule has 95 heavy (non-hydrogen) atoms. The molecule has 1 N–H and O–H groups in total. The van der Waals surface area contributed by atoms with Gasteiger partial charge < -0.3 is 71.6 Å². The van der Waals surface area contributed by atoms with Gasteiger partial charge in [-0.1, -0.05) is 176 Å². The van der Waals surface area contributed by atoms with Gasteiger partial charge in [0.2, 0.25) is 0 Å². The molecule has 7 aromatic rings. The Morgan fingerprint density at radius 2 is 0.821 bits per heavy atom. The standard InChI is InChI=1S/C72H72F3NO19/c1-47(77)90-58-55(83-40-48-24-9-2-10-25-48)44-88-68(62(58)85-42-50-28-13-4-14-29-50)94-59-56(84-41-49-26-11-3-12-27-49)45-89-69(63(59)86-43-51-30-15-5-16-31-51)95-61-60(92-66(79)53-34-19-7-20-35-53)57(46-87-65(78)52-32-17-6-18-33-52)91-70(82-39-23-38-76-71(81)72(73,74)75)64(61)93-67(80)54-36-21-8-22-37-54/h2-22,24-37,55-64,68-70H,23,38-46H2,1H3,(H,76,81)/t55-,56-,57?,58?,59?,60-,61?,62?,63?,64?,68-,69-,70-/m1/s1. The number of carbonyl (C=O) groups is 5. The molecule has 3 aliphatic rings. The van der Waals surface area contributed by atoms with Gasteiger partial charge in [0.25, 0.3) is 0 Å². The van der Waals surface area contributed by atoms with Crippen molar-refractivity contribution in [3.63, 3.8) is 0 Å². The monoisotopic (exact) mass is 1310 g/mol. The molecule has 0 aromatic heterocycles. The lowest BCUT2D eigenvalue weighted by Gasteiger charge is -2.49. The normalized spacial score (nSPS) is 24.3. The topological polar surface area (TPSA) is 227 Å². The van der Waals surface area contributed by atoms with E-state index in [4.69, 9.17) is 66.3 Å². The molecule has 10 rings (SSSR count). The van der Waals surface area contributed by atoms with Crippen LogP contribution in [0.5, 0.6) is 0 Å². The first kappa shape index (κ1) is 69.1. The van der Waals surface area contributed by atoms with E-state index in [1.165, 1.54) is 43.3 Å². The smallest absolute Gasteiger partial charge is 0.459 e. The van der Waals surface area contributed by atoms with Crippen LogP contribution in [0, 0.1) is 0 Å². The van der Waals surface area contributed by atoms with Crippen molar-refractivity contribution in [3.8, 4) is 0 Å². The lowest BCUT2D eigenvalue weighted by molar-refractivity contribution is -0.373. The van der Waals surface area contributed by atoms with E-state index < -0.39 is 136 Å². The Labute approximate surface area is 546 Å². The molecule has 0 radical (unpaired) electrons. The number of ether oxygens (including phenoxy) is 14. The second-order valence-electron chi connectivity index (χ2n) is 22.3. The maximum absolute atomic E-state index is 14.6. The van der Waals surface area contributed by atoms with Crippen molar-refractivity contribution in [2.45, 2.75) is 126 Å². The van der Waals surface area contributed by atoms with Gasteiger partial charge in [0.15, 0.2) is 37.2 Å². The third kappa shape index (κ3) is 19.9. The number of benzene rings is 7. The highest BCUT2D eigenvalue weighted by molar-refractivity contribution is 5.90. The number of amides is 1. The maximum atomic E-state index is 14.6. The zero-order valence-corrected chi connectivity index (χ0v) is 51.7. The molecule has 0 bridgehead atoms. The fraction of sp³-hybridized carbons (Fsp3) is 0.347. The summed E-state index contributed by atoms with van der Waals surface area (Å²) in [6, 6.07) is 60.7. The highest BCUT2D eigenvalue weighted by atomic mass is 19.4. The molecule has 7 aromatic carbocycles. The van der Waals surface area contributed by atoms with Crippen LogP contribution in [0.2, 0.25) is 0 Å². The predicted octanol–water partition coefficient (Wildman–Crippen LogP) is 9.86. The molecule has 1 amide bonds. The van der Waals surface area contributed by atoms with E-state index in [1.807, 2.05) is 127 Å². The van der Waals surface area contributed by atoms with Crippen molar-refractivity contribution in [2.75, 3.05) is 33.0 Å². The average molecular weight is 1310 g/mol. The quantitative estimate of drug-likeness (QED) is 0.0261. The largest absolute Gasteiger partial charge is 0.471 e. The highest BCUT2D eigenvalue weighted by Crippen LogP contribution is 2.37. The summed E-state index contributed by atoms with van der Waals surface area (Å²) in [6.45, 7) is -0.873. The summed E-state index contributed by atoms with van der Waals surface area (Å²) < 4.78 is 133. The molecule has 7 unspecified atom stereocenters. The van der Waals surface area contributed by atoms with E-state index in [1.54, 1.807) is 54.6 Å². The third-order valence-electron chi connectivity index (χ3n) is 15.5. The van der Waals surface area contributed by atoms with Crippen LogP contribution in [0.15, 0.2) is 212 Å². The fourth-order valence-corrected chi connectivity index (χ4v) is 10.7. The van der Waals surface area contributed by atoms with Gasteiger partial charge in [-0.25, -0.2) is 14.4 Å². The summed E-state index contributed by atoms with van der Waals surface area (Å²) >= 11 is 0. The van der Waals surface area contributed by atoms with Crippen molar-refractivity contribution < 1.29 is 103 Å². The van der Waals surface area contributed by atoms with Crippen LogP contribution in [0.25, 0.3) is 0 Å². The number of rotatable bonds is 29. The number of halogens is 3. The molecule has 20 nitrogen and oxygen atoms in total. The van der Waals surface area contributed by atoms with Gasteiger partial charge >= 0.3 is 36.0 Å². The highest BCUT2D eigenvalue weighted by Gasteiger charge is 2.57. The first-order valence-corrected chi connectivity index (χ1v) is 30.9. The Hall–Kier alpha value is -8.72. The average Bonchev–Trinajstić information content (AvgIpc) is 0.776. The Bertz CT molecular complexity index is 3500. The minimum Gasteiger partial charge on any atom is -0.459 e. The second kappa shape index (κ2) is 34.6. The van der Waals surface area contributed by atoms with Crippen molar-refractivity contribution in [2.24, 2.45) is 0 Å². The molecule has 0 saturated carbocycles. The zero-order chi connectivity index (χ0) is 66.4. The fourth-order valence-electron chi connectivity index (χ4n) is 10.7. The third-order valence-corrected chi connectivity index (χ3v) is 15.5. The Morgan fingerprint density at radius 3 is 1.26 bits per heavy atom. The number of esters is 4. The molecular weight excluding hydrogens is 1240 g/mol. The van der Waals surface area contributed by atoms with E-state index >= 15 is 0 Å². The minimum atomic E-state index is -5.18. The SMILES string of the molecule is CC(=O)OC1C(OCc2ccccc2)[C@@H](OC2C(OCc3ccccc3)[C@@H](OC3C(OC(=O)c4ccccc4)[C@H](OCCCNC(=O)C(F)(F)F)OC(COC(=O)c4ccccc4)[C@H]3OC(=O)c3ccccc3)OC[C@H]2OCc2ccccc2)OC[C@H]1OCc1ccccc1. The molecule has 23 heteroatoms. The van der Waals surface area contributed by atoms with E-state index in [0.717, 1.165) is 16.7 Å². The van der Waals surface area contributed by atoms with Gasteiger partial charge in [-0.15, -0.1) is 0 Å². The Kier molecular flexibility index (Phi) is 25.2. The van der Waals surface area contributed by atoms with Gasteiger partial charge in [0.1, 0.15) is 49.3 Å². The number of hydrogen-bond donors (Lipinski definition) is 1. The van der Waals surface area contributed by atoms with E-state index in [0.29, 0.717) is 5.56 Å². The van der Waals surface area contributed by atoms with E-state index in [-0.39, 0.29) is 62.8 Å². The summed E-state index contributed by atoms with van der Waals surface area (Å²) in [5.74, 6) is -5.53. The Balaban J connectivity index is 1.07. The van der Waals surface area contributed by atoms with Crippen LogP contribution in [-0.2, 0) is 102 Å². The van der Waals surface area contributed by atoms with Crippen molar-refractivity contribution in [1.29, 1.82) is 0 Å². The van der Waals surface area contributed by atoms with Gasteiger partial charge in [0.05, 0.1) is 62.9 Å². The molecule has 0 spiro atoms. The summed E-state index contributed by atoms with van der Waals surface area (Å²) in [5.41, 5.74) is 3.30. The van der Waals surface area contributed by atoms with Crippen LogP contribution in [0.1, 0.15) is 66.7 Å². The number of hydrogen-bond acceptors (Lipinski definition) is 19. The summed E-state index contributed by atoms with van der Waals surface area (Å²) in [5, 5.41) is 1.81. The minimum absolute atomic E-state index is 0.0114. The van der Waals surface area contributed by atoms with Crippen LogP contribution in [0.4, 0.5) is 13.2 Å². The lowest BCUT2D eigenvalue weighted by atomic mass is 9.97. The predicted molar refractivity (Wildman–Crippen MR) is 331 cm³/mol. The second-order valence-corrected chi connectivity index (χ2v) is 22.3. The molecular formula is C72H72F3NO19. The lowest BCUT2D eigenvalue weighted by Crippen LogP contribution is -2.66. The summed E-state index contributed by atoms with van der Waals surface area (Å²) in [6.07, 6.45) is -24.2. The molecule has 3 fully saturated rings. The Morgan fingerprint density at radius 1 is 0.432 bits per heavy atom. The first-order chi connectivity index (χ1) is 46.2. The maximum Gasteiger partial charge on any atom is 0.471 e. The van der Waals surface area contributed by atoms with E-state index in [9.17, 15) is 37.1 Å². The first-order valence-electron chi connectivity index (χ1n) is 30.9. The summed E-state index contributed by atoms with van der Waals surface area (Å²) in [4.78, 5) is 68.2. The molecule has 3 saturated heterocycles.